The molecular weight excluding hydrogens is 260 g/mol. The third-order valence-electron chi connectivity index (χ3n) is 4.25. The van der Waals surface area contributed by atoms with E-state index in [1.165, 1.54) is 37.1 Å². The SMILES string of the molecule is CCCNCc1cnc(N(C)CC2CCN(C)C2)c(C)c1. The number of hydrogen-bond acceptors (Lipinski definition) is 4. The quantitative estimate of drug-likeness (QED) is 0.781. The Hall–Kier alpha value is -1.13. The predicted molar refractivity (Wildman–Crippen MR) is 89.8 cm³/mol. The van der Waals surface area contributed by atoms with Gasteiger partial charge in [0.05, 0.1) is 0 Å². The number of nitrogens with one attached hydrogen (secondary N) is 1. The molecule has 118 valence electrons. The van der Waals surface area contributed by atoms with E-state index in [9.17, 15) is 0 Å². The van der Waals surface area contributed by atoms with Crippen molar-refractivity contribution in [2.75, 3.05) is 45.2 Å². The fourth-order valence-electron chi connectivity index (χ4n) is 3.18. The zero-order chi connectivity index (χ0) is 15.2. The van der Waals surface area contributed by atoms with Crippen LogP contribution >= 0.6 is 0 Å². The largest absolute Gasteiger partial charge is 0.359 e. The smallest absolute Gasteiger partial charge is 0.131 e. The van der Waals surface area contributed by atoms with Crippen molar-refractivity contribution in [3.05, 3.63) is 23.4 Å². The van der Waals surface area contributed by atoms with Crippen molar-refractivity contribution in [3.8, 4) is 0 Å². The monoisotopic (exact) mass is 290 g/mol. The van der Waals surface area contributed by atoms with Crippen LogP contribution in [0.4, 0.5) is 5.82 Å². The molecule has 1 aromatic heterocycles. The van der Waals surface area contributed by atoms with Gasteiger partial charge < -0.3 is 15.1 Å². The zero-order valence-corrected chi connectivity index (χ0v) is 14.0. The van der Waals surface area contributed by atoms with Gasteiger partial charge >= 0.3 is 0 Å². The third-order valence-corrected chi connectivity index (χ3v) is 4.25. The summed E-state index contributed by atoms with van der Waals surface area (Å²) in [5, 5.41) is 3.43. The molecule has 0 amide bonds. The lowest BCUT2D eigenvalue weighted by Crippen LogP contribution is -2.28. The second-order valence-corrected chi connectivity index (χ2v) is 6.46. The molecule has 0 spiro atoms. The standard InChI is InChI=1S/C17H30N4/c1-5-7-18-10-16-9-14(2)17(19-11-16)21(4)13-15-6-8-20(3)12-15/h9,11,15,18H,5-8,10,12-13H2,1-4H3. The van der Waals surface area contributed by atoms with Crippen LogP contribution in [0, 0.1) is 12.8 Å². The number of rotatable bonds is 7. The van der Waals surface area contributed by atoms with Gasteiger partial charge in [0.25, 0.3) is 0 Å². The van der Waals surface area contributed by atoms with Gasteiger partial charge in [0.1, 0.15) is 5.82 Å². The minimum Gasteiger partial charge on any atom is -0.359 e. The van der Waals surface area contributed by atoms with Crippen LogP contribution in [0.15, 0.2) is 12.3 Å². The molecule has 1 N–H and O–H groups in total. The first-order valence-corrected chi connectivity index (χ1v) is 8.16. The lowest BCUT2D eigenvalue weighted by molar-refractivity contribution is 0.395. The average Bonchev–Trinajstić information content (AvgIpc) is 2.84. The average molecular weight is 290 g/mol. The molecule has 0 radical (unpaired) electrons. The van der Waals surface area contributed by atoms with Gasteiger partial charge in [0.2, 0.25) is 0 Å². The van der Waals surface area contributed by atoms with Crippen molar-refractivity contribution >= 4 is 5.82 Å². The van der Waals surface area contributed by atoms with Crippen LogP contribution in [0.1, 0.15) is 30.9 Å². The summed E-state index contributed by atoms with van der Waals surface area (Å²) >= 11 is 0. The molecular formula is C17H30N4. The van der Waals surface area contributed by atoms with Gasteiger partial charge in [-0.2, -0.15) is 0 Å². The summed E-state index contributed by atoms with van der Waals surface area (Å²) in [6, 6.07) is 2.27. The molecule has 2 rings (SSSR count). The predicted octanol–water partition coefficient (Wildman–Crippen LogP) is 2.28. The van der Waals surface area contributed by atoms with Crippen LogP contribution < -0.4 is 10.2 Å². The second kappa shape index (κ2) is 7.76. The fraction of sp³-hybridized carbons (Fsp3) is 0.706. The summed E-state index contributed by atoms with van der Waals surface area (Å²) in [5.41, 5.74) is 2.55. The highest BCUT2D eigenvalue weighted by atomic mass is 15.2. The molecule has 4 heteroatoms. The van der Waals surface area contributed by atoms with E-state index in [0.717, 1.165) is 31.4 Å². The Labute approximate surface area is 129 Å². The van der Waals surface area contributed by atoms with Crippen molar-refractivity contribution in [3.63, 3.8) is 0 Å². The number of aryl methyl sites for hydroxylation is 1. The Balaban J connectivity index is 1.92. The van der Waals surface area contributed by atoms with E-state index in [1.54, 1.807) is 0 Å². The van der Waals surface area contributed by atoms with Crippen LogP contribution in [-0.2, 0) is 6.54 Å². The number of hydrogen-bond donors (Lipinski definition) is 1. The molecule has 1 unspecified atom stereocenters. The number of likely N-dealkylation sites (tertiary alicyclic amines) is 1. The highest BCUT2D eigenvalue weighted by molar-refractivity contribution is 5.46. The zero-order valence-electron chi connectivity index (χ0n) is 14.0. The van der Waals surface area contributed by atoms with E-state index >= 15 is 0 Å². The maximum Gasteiger partial charge on any atom is 0.131 e. The van der Waals surface area contributed by atoms with E-state index in [1.807, 2.05) is 6.20 Å². The molecule has 1 aromatic rings. The molecule has 4 nitrogen and oxygen atoms in total. The number of nitrogens with zero attached hydrogens (tertiary/aromatic N) is 3. The van der Waals surface area contributed by atoms with Gasteiger partial charge in [-0.3, -0.25) is 0 Å². The molecule has 1 fully saturated rings. The van der Waals surface area contributed by atoms with Gasteiger partial charge in [0.15, 0.2) is 0 Å². The molecule has 0 bridgehead atoms. The summed E-state index contributed by atoms with van der Waals surface area (Å²) in [6.07, 6.45) is 4.49. The van der Waals surface area contributed by atoms with Crippen LogP contribution in [0.25, 0.3) is 0 Å². The summed E-state index contributed by atoms with van der Waals surface area (Å²) in [4.78, 5) is 9.43. The fourth-order valence-corrected chi connectivity index (χ4v) is 3.18. The lowest BCUT2D eigenvalue weighted by Gasteiger charge is -2.24. The minimum absolute atomic E-state index is 0.770. The Kier molecular flexibility index (Phi) is 6.00. The van der Waals surface area contributed by atoms with Crippen LogP contribution in [0.3, 0.4) is 0 Å². The first-order valence-electron chi connectivity index (χ1n) is 8.16. The van der Waals surface area contributed by atoms with Crippen LogP contribution in [-0.4, -0.2) is 50.2 Å². The Bertz CT molecular complexity index is 446. The maximum absolute atomic E-state index is 4.69. The molecule has 1 saturated heterocycles. The summed E-state index contributed by atoms with van der Waals surface area (Å²) in [7, 11) is 4.38. The summed E-state index contributed by atoms with van der Waals surface area (Å²) < 4.78 is 0. The van der Waals surface area contributed by atoms with E-state index in [4.69, 9.17) is 4.98 Å². The van der Waals surface area contributed by atoms with Gasteiger partial charge in [-0.05, 0) is 63.0 Å². The summed E-state index contributed by atoms with van der Waals surface area (Å²) in [5.74, 6) is 1.90. The normalized spacial score (nSPS) is 19.1. The molecule has 0 aliphatic carbocycles. The van der Waals surface area contributed by atoms with Crippen LogP contribution in [0.5, 0.6) is 0 Å². The van der Waals surface area contributed by atoms with Crippen molar-refractivity contribution < 1.29 is 0 Å². The first kappa shape index (κ1) is 16.2. The summed E-state index contributed by atoms with van der Waals surface area (Å²) in [6.45, 7) is 9.88. The Morgan fingerprint density at radius 2 is 2.29 bits per heavy atom. The molecule has 1 aliphatic rings. The molecule has 0 aromatic carbocycles. The van der Waals surface area contributed by atoms with E-state index in [-0.39, 0.29) is 0 Å². The van der Waals surface area contributed by atoms with Crippen molar-refractivity contribution in [1.82, 2.24) is 15.2 Å². The molecule has 2 heterocycles. The van der Waals surface area contributed by atoms with Gasteiger partial charge in [-0.1, -0.05) is 6.92 Å². The van der Waals surface area contributed by atoms with E-state index in [2.05, 4.69) is 49.1 Å². The topological polar surface area (TPSA) is 31.4 Å². The van der Waals surface area contributed by atoms with Crippen molar-refractivity contribution in [1.29, 1.82) is 0 Å². The van der Waals surface area contributed by atoms with E-state index in [0.29, 0.717) is 0 Å². The van der Waals surface area contributed by atoms with Crippen LogP contribution in [0.2, 0.25) is 0 Å². The molecule has 21 heavy (non-hydrogen) atoms. The van der Waals surface area contributed by atoms with Crippen molar-refractivity contribution in [2.45, 2.75) is 33.2 Å². The Morgan fingerprint density at radius 3 is 2.90 bits per heavy atom. The van der Waals surface area contributed by atoms with Gasteiger partial charge in [-0.25, -0.2) is 4.98 Å². The highest BCUT2D eigenvalue weighted by Gasteiger charge is 2.21. The molecule has 1 atom stereocenters. The van der Waals surface area contributed by atoms with Gasteiger partial charge in [-0.15, -0.1) is 0 Å². The number of anilines is 1. The minimum atomic E-state index is 0.770. The van der Waals surface area contributed by atoms with E-state index < -0.39 is 0 Å². The lowest BCUT2D eigenvalue weighted by atomic mass is 10.1. The second-order valence-electron chi connectivity index (χ2n) is 6.46. The van der Waals surface area contributed by atoms with Gasteiger partial charge in [0, 0.05) is 32.9 Å². The number of aromatic nitrogens is 1. The van der Waals surface area contributed by atoms with Crippen molar-refractivity contribution in [2.24, 2.45) is 5.92 Å². The Morgan fingerprint density at radius 1 is 1.48 bits per heavy atom. The molecule has 1 aliphatic heterocycles. The molecule has 0 saturated carbocycles. The maximum atomic E-state index is 4.69. The highest BCUT2D eigenvalue weighted by Crippen LogP contribution is 2.21. The number of pyridine rings is 1. The third kappa shape index (κ3) is 4.68. The first-order chi connectivity index (χ1) is 10.1.